The zero-order valence-electron chi connectivity index (χ0n) is 61.8. The molecule has 6 rings (SSSR count). The van der Waals surface area contributed by atoms with Crippen molar-refractivity contribution in [3.05, 3.63) is 83.4 Å². The van der Waals surface area contributed by atoms with Crippen molar-refractivity contribution in [3.63, 3.8) is 0 Å². The van der Waals surface area contributed by atoms with Gasteiger partial charge in [-0.15, -0.1) is 0 Å². The molecule has 0 saturated carbocycles. The highest BCUT2D eigenvalue weighted by Crippen LogP contribution is 2.22. The Morgan fingerprint density at radius 3 is 1.24 bits per heavy atom. The van der Waals surface area contributed by atoms with Gasteiger partial charge in [0.05, 0.1) is 103 Å². The average Bonchev–Trinajstić information content (AvgIpc) is 0.815. The number of nitrogens with one attached hydrogen (secondary N) is 4. The summed E-state index contributed by atoms with van der Waals surface area (Å²) in [4.78, 5) is 121. The van der Waals surface area contributed by atoms with Gasteiger partial charge in [-0.05, 0) is 112 Å². The fraction of sp³-hybridized carbons (Fsp3) is 0.571. The summed E-state index contributed by atoms with van der Waals surface area (Å²) in [6.45, 7) is 21.6. The second-order valence-electron chi connectivity index (χ2n) is 27.8. The van der Waals surface area contributed by atoms with Crippen molar-refractivity contribution < 1.29 is 57.2 Å². The summed E-state index contributed by atoms with van der Waals surface area (Å²) in [5.41, 5.74) is 33.6. The maximum Gasteiger partial charge on any atom is 0.328 e. The molecule has 0 fully saturated rings. The molecule has 104 heavy (non-hydrogen) atoms. The Morgan fingerprint density at radius 1 is 0.471 bits per heavy atom. The molecule has 0 spiro atoms. The molecule has 34 heteroatoms. The standard InChI is InChI=1S/C70H110N20O12Si2/c1-88(47-51-45-78-63-59(80-51)61(72)84-69(74)86-63)53-19-15-49(16-20-53)65(93)82-55(67(95)101-41-43-103(3,4)5)23-25-57(91)76-28-11-9-13-30-90(32-34-98-36-38-100-40-39-99-37-35-97-33-27-71)31-14-10-12-29-77-58(92)26-24-56(68(96)102-42-44-104(6,7)8)83-66(94)50-17-21-54(22-18-50)89(2)48-52-46-79-64-60(81-52)62(73)85-70(75)87-64/h15-22,45-46,55-56H,9-14,23-44,47-48,71H2,1-8H3,(H,76,91)(H,77,92)(H,82,93)(H,83,94)(H4,72,74,78,84,86)(H4,73,75,79,85,87)/t55-,56-/m0/s1. The van der Waals surface area contributed by atoms with Crippen LogP contribution >= 0.6 is 0 Å². The van der Waals surface area contributed by atoms with E-state index in [1.54, 1.807) is 60.9 Å². The highest BCUT2D eigenvalue weighted by atomic mass is 28.3. The number of fused-ring (bicyclic) bond motifs is 2. The van der Waals surface area contributed by atoms with Crippen molar-refractivity contribution in [1.82, 2.24) is 66.0 Å². The fourth-order valence-electron chi connectivity index (χ4n) is 10.5. The molecule has 14 N–H and O–H groups in total. The Hall–Kier alpha value is -8.91. The third-order valence-corrected chi connectivity index (χ3v) is 19.9. The first-order valence-corrected chi connectivity index (χ1v) is 43.1. The van der Waals surface area contributed by atoms with Crippen LogP contribution in [0.15, 0.2) is 60.9 Å². The molecule has 0 unspecified atom stereocenters. The summed E-state index contributed by atoms with van der Waals surface area (Å²) in [5.74, 6) is -2.36. The van der Waals surface area contributed by atoms with E-state index in [9.17, 15) is 28.8 Å². The quantitative estimate of drug-likeness (QED) is 0.0140. The highest BCUT2D eigenvalue weighted by molar-refractivity contribution is 6.76. The number of unbranched alkanes of at least 4 members (excludes halogenated alkanes) is 4. The number of esters is 2. The summed E-state index contributed by atoms with van der Waals surface area (Å²) in [5, 5.41) is 11.6. The zero-order chi connectivity index (χ0) is 75.4. The molecule has 0 saturated heterocycles. The number of carbonyl (C=O) groups excluding carboxylic acids is 6. The lowest BCUT2D eigenvalue weighted by Crippen LogP contribution is -2.43. The molecule has 6 aromatic rings. The Balaban J connectivity index is 0.935. The van der Waals surface area contributed by atoms with Crippen molar-refractivity contribution in [2.45, 2.75) is 141 Å². The molecule has 4 amide bonds. The lowest BCUT2D eigenvalue weighted by Gasteiger charge is -2.22. The molecule has 4 heterocycles. The van der Waals surface area contributed by atoms with E-state index in [1.807, 2.05) is 23.9 Å². The van der Waals surface area contributed by atoms with Gasteiger partial charge in [0.1, 0.15) is 12.1 Å². The molecule has 32 nitrogen and oxygen atoms in total. The number of carbonyl (C=O) groups is 6. The van der Waals surface area contributed by atoms with Crippen LogP contribution in [0.4, 0.5) is 34.9 Å². The van der Waals surface area contributed by atoms with Gasteiger partial charge < -0.3 is 93.1 Å². The molecule has 570 valence electrons. The number of nitrogens with zero attached hydrogens (tertiary/aromatic N) is 11. The Kier molecular flexibility index (Phi) is 35.6. The van der Waals surface area contributed by atoms with E-state index in [-0.39, 0.29) is 74.2 Å². The Morgan fingerprint density at radius 2 is 0.856 bits per heavy atom. The van der Waals surface area contributed by atoms with Crippen molar-refractivity contribution in [2.75, 3.05) is 152 Å². The maximum atomic E-state index is 13.7. The number of nitrogen functional groups attached to an aromatic ring is 4. The summed E-state index contributed by atoms with van der Waals surface area (Å²) in [7, 11) is 0.639. The minimum Gasteiger partial charge on any atom is -0.464 e. The van der Waals surface area contributed by atoms with Gasteiger partial charge in [-0.2, -0.15) is 19.9 Å². The first-order valence-electron chi connectivity index (χ1n) is 35.7. The predicted molar refractivity (Wildman–Crippen MR) is 407 cm³/mol. The molecule has 0 aliphatic heterocycles. The number of hydrogen-bond acceptors (Lipinski definition) is 28. The molecule has 0 bridgehead atoms. The normalized spacial score (nSPS) is 12.2. The van der Waals surface area contributed by atoms with E-state index >= 15 is 0 Å². The SMILES string of the molecule is CN(Cc1cnc2nc(N)nc(N)c2n1)c1ccc(C(=O)N[C@@H](CCC(=O)NCCCCCN(CCCCCNC(=O)CC[C@H](NC(=O)c2ccc(N(C)Cc3cnc4nc(N)nc(N)c4n3)cc2)C(=O)OCC[Si](C)(C)C)CCOCCOCCOCCOCCN)C(=O)OCC[Si](C)(C)C)cc1. The molecule has 2 aromatic carbocycles. The number of anilines is 6. The molecule has 0 radical (unpaired) electrons. The second kappa shape index (κ2) is 44.0. The van der Waals surface area contributed by atoms with Crippen LogP contribution in [-0.2, 0) is 60.7 Å². The Bertz CT molecular complexity index is 3450. The van der Waals surface area contributed by atoms with E-state index in [0.717, 1.165) is 75.1 Å². The fourth-order valence-corrected chi connectivity index (χ4v) is 11.9. The van der Waals surface area contributed by atoms with Crippen molar-refractivity contribution >= 4 is 109 Å². The minimum atomic E-state index is -1.55. The van der Waals surface area contributed by atoms with E-state index in [0.29, 0.717) is 137 Å². The van der Waals surface area contributed by atoms with E-state index in [2.05, 4.69) is 105 Å². The second-order valence-corrected chi connectivity index (χ2v) is 39.0. The topological polar surface area (TPSA) is 449 Å². The van der Waals surface area contributed by atoms with Gasteiger partial charge in [0.2, 0.25) is 23.7 Å². The number of hydrogen-bond donors (Lipinski definition) is 9. The van der Waals surface area contributed by atoms with Gasteiger partial charge in [0.15, 0.2) is 34.0 Å². The van der Waals surface area contributed by atoms with Crippen LogP contribution in [0.1, 0.15) is 96.3 Å². The monoisotopic (exact) mass is 1480 g/mol. The zero-order valence-corrected chi connectivity index (χ0v) is 63.8. The van der Waals surface area contributed by atoms with Gasteiger partial charge >= 0.3 is 11.9 Å². The van der Waals surface area contributed by atoms with Gasteiger partial charge in [-0.25, -0.2) is 29.5 Å². The number of aromatic nitrogens is 8. The van der Waals surface area contributed by atoms with Crippen LogP contribution in [0.25, 0.3) is 22.3 Å². The maximum absolute atomic E-state index is 13.7. The summed E-state index contributed by atoms with van der Waals surface area (Å²) in [6.07, 6.45) is 8.13. The summed E-state index contributed by atoms with van der Waals surface area (Å²) < 4.78 is 33.9. The molecular formula is C70H110N20O12Si2. The summed E-state index contributed by atoms with van der Waals surface area (Å²) >= 11 is 0. The first-order chi connectivity index (χ1) is 49.7. The highest BCUT2D eigenvalue weighted by Gasteiger charge is 2.28. The number of benzene rings is 2. The van der Waals surface area contributed by atoms with E-state index < -0.39 is 52.0 Å². The lowest BCUT2D eigenvalue weighted by atomic mass is 10.1. The third kappa shape index (κ3) is 31.6. The van der Waals surface area contributed by atoms with Crippen molar-refractivity contribution in [3.8, 4) is 0 Å². The Labute approximate surface area is 611 Å². The van der Waals surface area contributed by atoms with Crippen molar-refractivity contribution in [1.29, 1.82) is 0 Å². The molecular weight excluding hydrogens is 1370 g/mol. The largest absolute Gasteiger partial charge is 0.464 e. The predicted octanol–water partition coefficient (Wildman–Crippen LogP) is 4.87. The number of ether oxygens (including phenoxy) is 6. The summed E-state index contributed by atoms with van der Waals surface area (Å²) in [6, 6.07) is 13.2. The smallest absolute Gasteiger partial charge is 0.328 e. The van der Waals surface area contributed by atoms with Gasteiger partial charge in [0, 0.05) is 91.8 Å². The van der Waals surface area contributed by atoms with E-state index in [4.69, 9.17) is 57.1 Å². The van der Waals surface area contributed by atoms with Gasteiger partial charge in [-0.1, -0.05) is 52.1 Å². The van der Waals surface area contributed by atoms with Crippen LogP contribution in [0, 0.1) is 0 Å². The van der Waals surface area contributed by atoms with Crippen LogP contribution in [-0.4, -0.2) is 228 Å². The minimum absolute atomic E-state index is 0.00674. The van der Waals surface area contributed by atoms with Crippen LogP contribution in [0.5, 0.6) is 0 Å². The number of nitrogens with two attached hydrogens (primary N) is 5. The number of rotatable bonds is 50. The molecule has 0 aliphatic rings. The van der Waals surface area contributed by atoms with E-state index in [1.165, 1.54) is 0 Å². The first kappa shape index (κ1) is 84.0. The third-order valence-electron chi connectivity index (χ3n) is 16.5. The van der Waals surface area contributed by atoms with Crippen molar-refractivity contribution in [2.24, 2.45) is 5.73 Å². The van der Waals surface area contributed by atoms with Crippen LogP contribution < -0.4 is 59.7 Å². The van der Waals surface area contributed by atoms with Gasteiger partial charge in [-0.3, -0.25) is 19.2 Å². The molecule has 0 aliphatic carbocycles. The lowest BCUT2D eigenvalue weighted by molar-refractivity contribution is -0.146. The molecule has 2 atom stereocenters. The van der Waals surface area contributed by atoms with Crippen LogP contribution in [0.2, 0.25) is 51.4 Å². The average molecular weight is 1480 g/mol. The molecule has 4 aromatic heterocycles. The number of amides is 4. The van der Waals surface area contributed by atoms with Crippen LogP contribution in [0.3, 0.4) is 0 Å². The van der Waals surface area contributed by atoms with Gasteiger partial charge in [0.25, 0.3) is 11.8 Å².